The van der Waals surface area contributed by atoms with Crippen LogP contribution in [0.15, 0.2) is 24.3 Å². The molecule has 16 aliphatic rings. The average molecular weight is 771 g/mol. The lowest BCUT2D eigenvalue weighted by molar-refractivity contribution is 0.0352. The lowest BCUT2D eigenvalue weighted by Gasteiger charge is -2.60. The Morgan fingerprint density at radius 1 is 0.308 bits per heavy atom. The predicted molar refractivity (Wildman–Crippen MR) is 229 cm³/mol. The molecule has 0 amide bonds. The Hall–Kier alpha value is 0.940. The minimum atomic E-state index is 0.724. The van der Waals surface area contributed by atoms with Crippen LogP contribution in [0.4, 0.5) is 0 Å². The van der Waals surface area contributed by atoms with Gasteiger partial charge >= 0.3 is 0 Å². The van der Waals surface area contributed by atoms with Crippen LogP contribution in [0.3, 0.4) is 0 Å². The minimum Gasteiger partial charge on any atom is -0.104 e. The maximum Gasteiger partial charge on any atom is 0.0199 e. The first-order valence-electron chi connectivity index (χ1n) is 23.5. The zero-order valence-electron chi connectivity index (χ0n) is 32.4. The molecule has 282 valence electrons. The first-order chi connectivity index (χ1) is 25.3. The van der Waals surface area contributed by atoms with Gasteiger partial charge in [-0.15, -0.1) is 34.3 Å². The molecule has 0 radical (unpaired) electrons. The zero-order valence-corrected chi connectivity index (χ0v) is 36.4. The molecule has 16 aliphatic carbocycles. The highest BCUT2D eigenvalue weighted by Crippen LogP contribution is 2.77. The van der Waals surface area contributed by atoms with Crippen LogP contribution in [-0.4, -0.2) is 20.6 Å². The van der Waals surface area contributed by atoms with Crippen molar-refractivity contribution in [1.82, 2.24) is 0 Å². The first kappa shape index (κ1) is 33.9. The molecule has 16 bridgehead atoms. The molecule has 16 fully saturated rings. The molecule has 0 N–H and O–H groups in total. The second-order valence-electron chi connectivity index (χ2n) is 23.9. The predicted octanol–water partition coefficient (Wildman–Crippen LogP) is 14.3. The summed E-state index contributed by atoms with van der Waals surface area (Å²) in [5.41, 5.74) is 3.98. The van der Waals surface area contributed by atoms with Crippen molar-refractivity contribution in [3.8, 4) is 0 Å². The number of hydrogen-bond donors (Lipinski definition) is 0. The van der Waals surface area contributed by atoms with Gasteiger partial charge in [-0.2, -0.15) is 0 Å². The lowest BCUT2D eigenvalue weighted by atomic mass is 9.56. The molecule has 1 aromatic rings. The third-order valence-corrected chi connectivity index (χ3v) is 28.6. The van der Waals surface area contributed by atoms with Gasteiger partial charge in [0.15, 0.2) is 0 Å². The van der Waals surface area contributed by atoms with E-state index in [9.17, 15) is 0 Å². The Balaban J connectivity index is 0.898. The van der Waals surface area contributed by atoms with Gasteiger partial charge in [-0.1, -0.05) is 24.3 Å². The highest BCUT2D eigenvalue weighted by atomic mass is 31.1. The molecule has 4 unspecified atom stereocenters. The van der Waals surface area contributed by atoms with Crippen molar-refractivity contribution < 1.29 is 0 Å². The van der Waals surface area contributed by atoms with Crippen LogP contribution in [0, 0.1) is 71.0 Å². The SMILES string of the molecule is c1ccc(C(PC23CC4CC(CC(C4)C2)C3)PC23CC4CC(CC(C4)C2)C3)c(C(PC23CC4CC(CC(C4)C2)C3)PC23CC4CC(CC(C4)C2)C3)c1. The summed E-state index contributed by atoms with van der Waals surface area (Å²) in [4.78, 5) is 0. The van der Waals surface area contributed by atoms with E-state index in [4.69, 9.17) is 0 Å². The Morgan fingerprint density at radius 3 is 0.654 bits per heavy atom. The smallest absolute Gasteiger partial charge is 0.0199 e. The van der Waals surface area contributed by atoms with Gasteiger partial charge in [-0.3, -0.25) is 0 Å². The van der Waals surface area contributed by atoms with E-state index in [1.165, 1.54) is 34.3 Å². The maximum absolute atomic E-state index is 2.84. The number of hydrogen-bond acceptors (Lipinski definition) is 0. The molecular weight excluding hydrogens is 700 g/mol. The van der Waals surface area contributed by atoms with Crippen molar-refractivity contribution in [2.24, 2.45) is 71.0 Å². The van der Waals surface area contributed by atoms with E-state index in [-0.39, 0.29) is 0 Å². The van der Waals surface area contributed by atoms with Crippen molar-refractivity contribution >= 4 is 34.3 Å². The quantitative estimate of drug-likeness (QED) is 0.208. The van der Waals surface area contributed by atoms with Gasteiger partial charge in [-0.25, -0.2) is 0 Å². The van der Waals surface area contributed by atoms with Crippen molar-refractivity contribution in [3.05, 3.63) is 35.4 Å². The monoisotopic (exact) mass is 770 g/mol. The van der Waals surface area contributed by atoms with Crippen LogP contribution >= 0.6 is 34.3 Å². The molecule has 4 heteroatoms. The van der Waals surface area contributed by atoms with Gasteiger partial charge in [0.25, 0.3) is 0 Å². The van der Waals surface area contributed by atoms with Gasteiger partial charge in [0.1, 0.15) is 0 Å². The van der Waals surface area contributed by atoms with Gasteiger partial charge in [0, 0.05) is 10.8 Å². The van der Waals surface area contributed by atoms with Gasteiger partial charge in [0.05, 0.1) is 0 Å². The molecule has 17 rings (SSSR count). The van der Waals surface area contributed by atoms with Crippen molar-refractivity contribution in [2.45, 2.75) is 186 Å². The molecule has 0 heterocycles. The summed E-state index contributed by atoms with van der Waals surface area (Å²) in [7, 11) is 4.93. The first-order valence-corrected chi connectivity index (χ1v) is 27.8. The molecule has 16 saturated carbocycles. The highest BCUT2D eigenvalue weighted by Gasteiger charge is 2.57. The zero-order chi connectivity index (χ0) is 33.9. The second-order valence-corrected chi connectivity index (χ2v) is 32.7. The number of rotatable bonds is 10. The molecule has 0 saturated heterocycles. The van der Waals surface area contributed by atoms with Crippen LogP contribution in [0.2, 0.25) is 0 Å². The molecule has 52 heavy (non-hydrogen) atoms. The summed E-state index contributed by atoms with van der Waals surface area (Å²) in [5.74, 6) is 13.2. The van der Waals surface area contributed by atoms with E-state index >= 15 is 0 Å². The largest absolute Gasteiger partial charge is 0.104 e. The summed E-state index contributed by atoms with van der Waals surface area (Å²) in [5, 5.41) is 4.69. The van der Waals surface area contributed by atoms with E-state index in [0.29, 0.717) is 0 Å². The summed E-state index contributed by atoms with van der Waals surface area (Å²) in [6.45, 7) is 0. The molecule has 1 aromatic carbocycles. The maximum atomic E-state index is 2.84. The molecule has 4 atom stereocenters. The second kappa shape index (κ2) is 12.2. The van der Waals surface area contributed by atoms with Gasteiger partial charge in [-0.05, 0) is 257 Å². The van der Waals surface area contributed by atoms with Crippen LogP contribution in [0.25, 0.3) is 0 Å². The van der Waals surface area contributed by atoms with Gasteiger partial charge < -0.3 is 0 Å². The molecule has 0 nitrogen and oxygen atoms in total. The van der Waals surface area contributed by atoms with Crippen LogP contribution < -0.4 is 0 Å². The van der Waals surface area contributed by atoms with Gasteiger partial charge in [0.2, 0.25) is 0 Å². The van der Waals surface area contributed by atoms with Crippen molar-refractivity contribution in [3.63, 3.8) is 0 Å². The van der Waals surface area contributed by atoms with Crippen LogP contribution in [0.1, 0.15) is 176 Å². The molecule has 0 spiro atoms. The van der Waals surface area contributed by atoms with Crippen molar-refractivity contribution in [1.29, 1.82) is 0 Å². The lowest BCUT2D eigenvalue weighted by Crippen LogP contribution is -2.49. The standard InChI is InChI=1S/C48H70P4/c1-2-4-42(44(51-47-23-35-11-36(24-47)13-37(12-35)25-47)52-48-26-38-14-39(27-48)16-40(15-38)28-48)41(3-1)43(49-45-17-29-5-30(18-45)7-31(6-29)19-45)50-46-20-32-8-33(21-46)10-34(9-32)22-46/h1-4,29-40,43-44,49-52H,5-28H2. The summed E-state index contributed by atoms with van der Waals surface area (Å²) in [6, 6.07) is 10.8. The van der Waals surface area contributed by atoms with Crippen LogP contribution in [-0.2, 0) is 0 Å². The normalized spacial score (nSPS) is 56.0. The molecule has 0 aromatic heterocycles. The van der Waals surface area contributed by atoms with E-state index in [2.05, 4.69) is 24.3 Å². The summed E-state index contributed by atoms with van der Waals surface area (Å²) in [6.07, 6.45) is 39.0. The number of benzene rings is 1. The van der Waals surface area contributed by atoms with E-state index < -0.39 is 0 Å². The minimum absolute atomic E-state index is 0.724. The van der Waals surface area contributed by atoms with Crippen molar-refractivity contribution in [2.75, 3.05) is 0 Å². The fourth-order valence-electron chi connectivity index (χ4n) is 19.8. The third kappa shape index (κ3) is 5.80. The fraction of sp³-hybridized carbons (Fsp3) is 0.875. The highest BCUT2D eigenvalue weighted by molar-refractivity contribution is 7.59. The Labute approximate surface area is 324 Å². The molecule has 0 aliphatic heterocycles. The summed E-state index contributed by atoms with van der Waals surface area (Å²) < 4.78 is 0. The topological polar surface area (TPSA) is 0 Å². The van der Waals surface area contributed by atoms with E-state index in [1.807, 2.05) is 11.1 Å². The van der Waals surface area contributed by atoms with E-state index in [0.717, 1.165) is 102 Å². The average Bonchev–Trinajstić information content (AvgIpc) is 3.05. The van der Waals surface area contributed by atoms with E-state index in [1.54, 1.807) is 154 Å². The van der Waals surface area contributed by atoms with Crippen LogP contribution in [0.5, 0.6) is 0 Å². The fourth-order valence-corrected chi connectivity index (χ4v) is 33.0. The summed E-state index contributed by atoms with van der Waals surface area (Å²) >= 11 is 0. The Morgan fingerprint density at radius 2 is 0.481 bits per heavy atom. The molecular formula is C48H70P4. The Bertz CT molecular complexity index is 1230. The Kier molecular flexibility index (Phi) is 7.97. The third-order valence-electron chi connectivity index (χ3n) is 19.6.